The predicted octanol–water partition coefficient (Wildman–Crippen LogP) is 2.08. The monoisotopic (exact) mass is 367 g/mol. The molecule has 1 N–H and O–H groups in total. The molecule has 27 heavy (non-hydrogen) atoms. The molecule has 1 amide bonds. The molecule has 0 atom stereocenters. The zero-order valence-corrected chi connectivity index (χ0v) is 16.0. The SMILES string of the molecule is CC(C)c1ccc(C[NH+]2CCN(C(=O)c3ccc4c(c3)OCO4)CC2)cc1. The molecule has 2 aromatic rings. The number of fused-ring (bicyclic) bond motifs is 1. The summed E-state index contributed by atoms with van der Waals surface area (Å²) in [6, 6.07) is 14.4. The summed E-state index contributed by atoms with van der Waals surface area (Å²) in [5.41, 5.74) is 3.42. The first kappa shape index (κ1) is 17.9. The quantitative estimate of drug-likeness (QED) is 0.900. The van der Waals surface area contributed by atoms with Crippen LogP contribution < -0.4 is 14.4 Å². The number of nitrogens with zero attached hydrogens (tertiary/aromatic N) is 1. The smallest absolute Gasteiger partial charge is 0.254 e. The van der Waals surface area contributed by atoms with Gasteiger partial charge in [-0.25, -0.2) is 0 Å². The first-order chi connectivity index (χ1) is 13.1. The van der Waals surface area contributed by atoms with Crippen LogP contribution in [-0.2, 0) is 6.54 Å². The zero-order valence-electron chi connectivity index (χ0n) is 16.0. The Labute approximate surface area is 160 Å². The lowest BCUT2D eigenvalue weighted by Gasteiger charge is -2.32. The summed E-state index contributed by atoms with van der Waals surface area (Å²) in [5.74, 6) is 2.02. The van der Waals surface area contributed by atoms with Crippen molar-refractivity contribution in [1.82, 2.24) is 4.90 Å². The molecular formula is C22H27N2O3+. The van der Waals surface area contributed by atoms with Crippen molar-refractivity contribution < 1.29 is 19.2 Å². The number of ether oxygens (including phenoxy) is 2. The number of piperazine rings is 1. The van der Waals surface area contributed by atoms with Crippen molar-refractivity contribution in [3.8, 4) is 11.5 Å². The first-order valence-corrected chi connectivity index (χ1v) is 9.71. The number of amides is 1. The first-order valence-electron chi connectivity index (χ1n) is 9.71. The summed E-state index contributed by atoms with van der Waals surface area (Å²) >= 11 is 0. The second-order valence-corrected chi connectivity index (χ2v) is 7.68. The molecule has 5 heteroatoms. The maximum absolute atomic E-state index is 12.8. The van der Waals surface area contributed by atoms with E-state index in [1.54, 1.807) is 6.07 Å². The highest BCUT2D eigenvalue weighted by Crippen LogP contribution is 2.32. The van der Waals surface area contributed by atoms with Crippen LogP contribution in [-0.4, -0.2) is 43.8 Å². The fourth-order valence-electron chi connectivity index (χ4n) is 3.72. The minimum absolute atomic E-state index is 0.0774. The molecule has 2 aliphatic heterocycles. The number of carbonyl (C=O) groups is 1. The Morgan fingerprint density at radius 1 is 1.04 bits per heavy atom. The summed E-state index contributed by atoms with van der Waals surface area (Å²) in [7, 11) is 0. The van der Waals surface area contributed by atoms with Gasteiger partial charge in [0, 0.05) is 11.1 Å². The number of benzene rings is 2. The molecular weight excluding hydrogens is 340 g/mol. The Morgan fingerprint density at radius 2 is 1.74 bits per heavy atom. The van der Waals surface area contributed by atoms with Crippen LogP contribution >= 0.6 is 0 Å². The van der Waals surface area contributed by atoms with Gasteiger partial charge in [-0.1, -0.05) is 38.1 Å². The molecule has 142 valence electrons. The Balaban J connectivity index is 1.32. The van der Waals surface area contributed by atoms with Crippen LogP contribution in [0, 0.1) is 0 Å². The third kappa shape index (κ3) is 3.93. The van der Waals surface area contributed by atoms with Crippen molar-refractivity contribution in [2.75, 3.05) is 33.0 Å². The lowest BCUT2D eigenvalue weighted by Crippen LogP contribution is -3.13. The molecule has 0 aliphatic carbocycles. The highest BCUT2D eigenvalue weighted by molar-refractivity contribution is 5.95. The van der Waals surface area contributed by atoms with Gasteiger partial charge >= 0.3 is 0 Å². The summed E-state index contributed by atoms with van der Waals surface area (Å²) in [6.45, 7) is 9.20. The van der Waals surface area contributed by atoms with Crippen LogP contribution in [0.1, 0.15) is 41.3 Å². The fraction of sp³-hybridized carbons (Fsp3) is 0.409. The number of quaternary nitrogens is 1. The molecule has 1 fully saturated rings. The van der Waals surface area contributed by atoms with Gasteiger partial charge in [-0.3, -0.25) is 4.79 Å². The van der Waals surface area contributed by atoms with E-state index in [0.29, 0.717) is 23.0 Å². The van der Waals surface area contributed by atoms with Crippen molar-refractivity contribution in [1.29, 1.82) is 0 Å². The molecule has 0 radical (unpaired) electrons. The highest BCUT2D eigenvalue weighted by Gasteiger charge is 2.26. The van der Waals surface area contributed by atoms with E-state index in [1.165, 1.54) is 16.0 Å². The Hall–Kier alpha value is -2.53. The maximum atomic E-state index is 12.8. The van der Waals surface area contributed by atoms with E-state index in [2.05, 4.69) is 38.1 Å². The second-order valence-electron chi connectivity index (χ2n) is 7.68. The van der Waals surface area contributed by atoms with E-state index in [1.807, 2.05) is 17.0 Å². The van der Waals surface area contributed by atoms with Gasteiger partial charge in [0.1, 0.15) is 6.54 Å². The predicted molar refractivity (Wildman–Crippen MR) is 103 cm³/mol. The van der Waals surface area contributed by atoms with Gasteiger partial charge in [0.25, 0.3) is 5.91 Å². The van der Waals surface area contributed by atoms with Gasteiger partial charge in [0.05, 0.1) is 26.2 Å². The number of nitrogens with one attached hydrogen (secondary N) is 1. The van der Waals surface area contributed by atoms with E-state index < -0.39 is 0 Å². The van der Waals surface area contributed by atoms with Crippen LogP contribution in [0.25, 0.3) is 0 Å². The molecule has 0 bridgehead atoms. The molecule has 0 saturated carbocycles. The average Bonchev–Trinajstić information content (AvgIpc) is 3.16. The molecule has 5 nitrogen and oxygen atoms in total. The van der Waals surface area contributed by atoms with Crippen LogP contribution in [0.3, 0.4) is 0 Å². The Bertz CT molecular complexity index is 809. The van der Waals surface area contributed by atoms with Crippen LogP contribution in [0.5, 0.6) is 11.5 Å². The van der Waals surface area contributed by atoms with Crippen LogP contribution in [0.2, 0.25) is 0 Å². The number of carbonyl (C=O) groups excluding carboxylic acids is 1. The molecule has 0 unspecified atom stereocenters. The molecule has 2 heterocycles. The molecule has 2 aliphatic rings. The molecule has 2 aromatic carbocycles. The van der Waals surface area contributed by atoms with E-state index in [4.69, 9.17) is 9.47 Å². The van der Waals surface area contributed by atoms with Crippen molar-refractivity contribution in [3.63, 3.8) is 0 Å². The van der Waals surface area contributed by atoms with Crippen molar-refractivity contribution in [2.24, 2.45) is 0 Å². The fourth-order valence-corrected chi connectivity index (χ4v) is 3.72. The van der Waals surface area contributed by atoms with Gasteiger partial charge in [0.15, 0.2) is 11.5 Å². The van der Waals surface area contributed by atoms with Crippen molar-refractivity contribution in [3.05, 3.63) is 59.2 Å². The minimum Gasteiger partial charge on any atom is -0.454 e. The third-order valence-electron chi connectivity index (χ3n) is 5.48. The topological polar surface area (TPSA) is 43.2 Å². The van der Waals surface area contributed by atoms with E-state index in [9.17, 15) is 4.79 Å². The molecule has 0 aromatic heterocycles. The van der Waals surface area contributed by atoms with Gasteiger partial charge in [0.2, 0.25) is 6.79 Å². The van der Waals surface area contributed by atoms with Crippen molar-refractivity contribution in [2.45, 2.75) is 26.3 Å². The van der Waals surface area contributed by atoms with Gasteiger partial charge in [-0.05, 0) is 29.7 Å². The van der Waals surface area contributed by atoms with Gasteiger partial charge in [-0.2, -0.15) is 0 Å². The van der Waals surface area contributed by atoms with E-state index in [0.717, 1.165) is 32.7 Å². The molecule has 0 spiro atoms. The van der Waals surface area contributed by atoms with Gasteiger partial charge in [-0.15, -0.1) is 0 Å². The molecule has 4 rings (SSSR count). The van der Waals surface area contributed by atoms with E-state index >= 15 is 0 Å². The Morgan fingerprint density at radius 3 is 2.44 bits per heavy atom. The lowest BCUT2D eigenvalue weighted by atomic mass is 10.0. The van der Waals surface area contributed by atoms with Crippen LogP contribution in [0.4, 0.5) is 0 Å². The normalized spacial score (nSPS) is 16.8. The van der Waals surface area contributed by atoms with Crippen LogP contribution in [0.15, 0.2) is 42.5 Å². The zero-order chi connectivity index (χ0) is 18.8. The van der Waals surface area contributed by atoms with E-state index in [-0.39, 0.29) is 12.7 Å². The number of hydrogen-bond acceptors (Lipinski definition) is 3. The third-order valence-corrected chi connectivity index (χ3v) is 5.48. The summed E-state index contributed by atoms with van der Waals surface area (Å²) in [5, 5.41) is 0. The minimum atomic E-state index is 0.0774. The second kappa shape index (κ2) is 7.61. The summed E-state index contributed by atoms with van der Waals surface area (Å²) in [4.78, 5) is 16.3. The van der Waals surface area contributed by atoms with Gasteiger partial charge < -0.3 is 19.3 Å². The number of rotatable bonds is 4. The average molecular weight is 367 g/mol. The summed E-state index contributed by atoms with van der Waals surface area (Å²) < 4.78 is 10.7. The summed E-state index contributed by atoms with van der Waals surface area (Å²) in [6.07, 6.45) is 0. The Kier molecular flexibility index (Phi) is 5.03. The highest BCUT2D eigenvalue weighted by atomic mass is 16.7. The molecule has 1 saturated heterocycles. The number of hydrogen-bond donors (Lipinski definition) is 1. The van der Waals surface area contributed by atoms with Crippen molar-refractivity contribution >= 4 is 5.91 Å². The maximum Gasteiger partial charge on any atom is 0.254 e. The largest absolute Gasteiger partial charge is 0.454 e. The lowest BCUT2D eigenvalue weighted by molar-refractivity contribution is -0.917. The standard InChI is InChI=1S/C22H26N2O3/c1-16(2)18-5-3-17(4-6-18)14-23-9-11-24(12-10-23)22(25)19-7-8-20-21(13-19)27-15-26-20/h3-8,13,16H,9-12,14-15H2,1-2H3/p+1.